The van der Waals surface area contributed by atoms with E-state index in [1.54, 1.807) is 25.1 Å². The first-order valence-corrected chi connectivity index (χ1v) is 9.64. The number of halogens is 2. The molecule has 0 aliphatic heterocycles. The number of benzene rings is 2. The summed E-state index contributed by atoms with van der Waals surface area (Å²) in [5.74, 6) is 0.0426. The van der Waals surface area contributed by atoms with Crippen LogP contribution in [0, 0.1) is 5.82 Å². The molecule has 1 N–H and O–H groups in total. The fourth-order valence-corrected chi connectivity index (χ4v) is 3.12. The molecule has 3 rings (SSSR count). The standard InChI is InChI=1S/C22H22ClFN2O3/c1-2-28-25-22(27)21-11-10-19(29-21)15-26(13-16-6-5-8-18(24)12-16)14-17-7-3-4-9-20(17)23/h3-12H,2,13-15H2,1H3,(H,25,27). The van der Waals surface area contributed by atoms with Crippen molar-refractivity contribution in [1.29, 1.82) is 0 Å². The average molecular weight is 417 g/mol. The van der Waals surface area contributed by atoms with Crippen molar-refractivity contribution < 1.29 is 18.4 Å². The number of hydroxylamine groups is 1. The summed E-state index contributed by atoms with van der Waals surface area (Å²) in [6.07, 6.45) is 0. The second-order valence-corrected chi connectivity index (χ2v) is 6.90. The molecule has 152 valence electrons. The van der Waals surface area contributed by atoms with Gasteiger partial charge in [-0.15, -0.1) is 0 Å². The molecule has 0 aliphatic rings. The van der Waals surface area contributed by atoms with Crippen molar-refractivity contribution in [2.24, 2.45) is 0 Å². The Bertz CT molecular complexity index is 960. The number of furan rings is 1. The van der Waals surface area contributed by atoms with Gasteiger partial charge in [-0.05, 0) is 48.4 Å². The second kappa shape index (κ2) is 10.2. The van der Waals surface area contributed by atoms with Crippen molar-refractivity contribution >= 4 is 17.5 Å². The topological polar surface area (TPSA) is 54.7 Å². The van der Waals surface area contributed by atoms with E-state index >= 15 is 0 Å². The third kappa shape index (κ3) is 6.15. The normalized spacial score (nSPS) is 11.0. The lowest BCUT2D eigenvalue weighted by Crippen LogP contribution is -2.23. The number of rotatable bonds is 9. The van der Waals surface area contributed by atoms with Crippen LogP contribution in [0.15, 0.2) is 65.1 Å². The molecular weight excluding hydrogens is 395 g/mol. The number of amides is 1. The van der Waals surface area contributed by atoms with Gasteiger partial charge in [0.2, 0.25) is 0 Å². The minimum Gasteiger partial charge on any atom is -0.454 e. The van der Waals surface area contributed by atoms with Crippen LogP contribution in [-0.2, 0) is 24.5 Å². The molecule has 0 unspecified atom stereocenters. The van der Waals surface area contributed by atoms with Crippen LogP contribution in [0.25, 0.3) is 0 Å². The Labute approximate surface area is 174 Å². The molecule has 0 saturated heterocycles. The Hall–Kier alpha value is -2.67. The number of nitrogens with zero attached hydrogens (tertiary/aromatic N) is 1. The molecule has 2 aromatic carbocycles. The molecule has 1 heterocycles. The minimum absolute atomic E-state index is 0.164. The highest BCUT2D eigenvalue weighted by Gasteiger charge is 2.15. The van der Waals surface area contributed by atoms with Crippen molar-refractivity contribution in [3.05, 3.63) is 94.2 Å². The van der Waals surface area contributed by atoms with E-state index in [4.69, 9.17) is 20.9 Å². The fourth-order valence-electron chi connectivity index (χ4n) is 2.92. The first-order chi connectivity index (χ1) is 14.0. The molecule has 1 amide bonds. The molecule has 0 aliphatic carbocycles. The highest BCUT2D eigenvalue weighted by atomic mass is 35.5. The van der Waals surface area contributed by atoms with Crippen molar-refractivity contribution in [2.45, 2.75) is 26.6 Å². The van der Waals surface area contributed by atoms with Gasteiger partial charge in [0, 0.05) is 18.1 Å². The molecule has 29 heavy (non-hydrogen) atoms. The van der Waals surface area contributed by atoms with E-state index in [1.807, 2.05) is 30.3 Å². The summed E-state index contributed by atoms with van der Waals surface area (Å²) in [5.41, 5.74) is 4.09. The van der Waals surface area contributed by atoms with E-state index in [0.717, 1.165) is 11.1 Å². The predicted octanol–water partition coefficient (Wildman–Crippen LogP) is 4.96. The molecule has 0 bridgehead atoms. The Balaban J connectivity index is 1.77. The van der Waals surface area contributed by atoms with Gasteiger partial charge in [0.1, 0.15) is 11.6 Å². The van der Waals surface area contributed by atoms with E-state index in [1.165, 1.54) is 12.1 Å². The van der Waals surface area contributed by atoms with Crippen molar-refractivity contribution in [2.75, 3.05) is 6.61 Å². The first-order valence-electron chi connectivity index (χ1n) is 9.26. The van der Waals surface area contributed by atoms with Crippen LogP contribution in [0.5, 0.6) is 0 Å². The van der Waals surface area contributed by atoms with Crippen LogP contribution in [0.1, 0.15) is 34.4 Å². The third-order valence-electron chi connectivity index (χ3n) is 4.22. The zero-order valence-corrected chi connectivity index (χ0v) is 16.8. The lowest BCUT2D eigenvalue weighted by atomic mass is 10.1. The first kappa shape index (κ1) is 21.0. The highest BCUT2D eigenvalue weighted by Crippen LogP contribution is 2.21. The molecule has 5 nitrogen and oxygen atoms in total. The van der Waals surface area contributed by atoms with Crippen LogP contribution in [0.4, 0.5) is 4.39 Å². The monoisotopic (exact) mass is 416 g/mol. The van der Waals surface area contributed by atoms with Gasteiger partial charge in [-0.25, -0.2) is 9.87 Å². The van der Waals surface area contributed by atoms with Gasteiger partial charge in [0.05, 0.1) is 13.2 Å². The summed E-state index contributed by atoms with van der Waals surface area (Å²) in [7, 11) is 0. The lowest BCUT2D eigenvalue weighted by molar-refractivity contribution is 0.0338. The quantitative estimate of drug-likeness (QED) is 0.501. The molecular formula is C22H22ClFN2O3. The van der Waals surface area contributed by atoms with Crippen molar-refractivity contribution in [1.82, 2.24) is 10.4 Å². The minimum atomic E-state index is -0.444. The summed E-state index contributed by atoms with van der Waals surface area (Å²) in [6.45, 7) is 3.58. The Morgan fingerprint density at radius 3 is 2.69 bits per heavy atom. The lowest BCUT2D eigenvalue weighted by Gasteiger charge is -2.22. The molecule has 7 heteroatoms. The molecule has 3 aromatic rings. The van der Waals surface area contributed by atoms with Crippen LogP contribution >= 0.6 is 11.6 Å². The average Bonchev–Trinajstić information content (AvgIpc) is 3.16. The number of nitrogens with one attached hydrogen (secondary N) is 1. The van der Waals surface area contributed by atoms with E-state index in [-0.39, 0.29) is 11.6 Å². The van der Waals surface area contributed by atoms with Crippen molar-refractivity contribution in [3.63, 3.8) is 0 Å². The van der Waals surface area contributed by atoms with Gasteiger partial charge in [0.25, 0.3) is 0 Å². The molecule has 0 spiro atoms. The number of hydrogen-bond acceptors (Lipinski definition) is 4. The Kier molecular flexibility index (Phi) is 7.41. The number of hydrogen-bond donors (Lipinski definition) is 1. The SMILES string of the molecule is CCONC(=O)c1ccc(CN(Cc2cccc(F)c2)Cc2ccccc2Cl)o1. The number of carbonyl (C=O) groups is 1. The van der Waals surface area contributed by atoms with Gasteiger partial charge < -0.3 is 4.42 Å². The fraction of sp³-hybridized carbons (Fsp3) is 0.227. The molecule has 0 saturated carbocycles. The Morgan fingerprint density at radius 1 is 1.10 bits per heavy atom. The van der Waals surface area contributed by atoms with Gasteiger partial charge in [-0.3, -0.25) is 14.5 Å². The summed E-state index contributed by atoms with van der Waals surface area (Å²) in [6, 6.07) is 17.4. The summed E-state index contributed by atoms with van der Waals surface area (Å²) >= 11 is 6.32. The van der Waals surface area contributed by atoms with Gasteiger partial charge in [0.15, 0.2) is 5.76 Å². The van der Waals surface area contributed by atoms with Crippen molar-refractivity contribution in [3.8, 4) is 0 Å². The van der Waals surface area contributed by atoms with Crippen LogP contribution in [-0.4, -0.2) is 17.4 Å². The van der Waals surface area contributed by atoms with E-state index < -0.39 is 5.91 Å². The summed E-state index contributed by atoms with van der Waals surface area (Å²) < 4.78 is 19.3. The zero-order valence-electron chi connectivity index (χ0n) is 16.0. The summed E-state index contributed by atoms with van der Waals surface area (Å²) in [4.78, 5) is 18.9. The molecule has 1 aromatic heterocycles. The maximum Gasteiger partial charge on any atom is 0.310 e. The smallest absolute Gasteiger partial charge is 0.310 e. The van der Waals surface area contributed by atoms with E-state index in [2.05, 4.69) is 10.4 Å². The highest BCUT2D eigenvalue weighted by molar-refractivity contribution is 6.31. The van der Waals surface area contributed by atoms with Gasteiger partial charge in [-0.2, -0.15) is 0 Å². The van der Waals surface area contributed by atoms with Gasteiger partial charge in [-0.1, -0.05) is 41.9 Å². The zero-order chi connectivity index (χ0) is 20.6. The van der Waals surface area contributed by atoms with E-state index in [0.29, 0.717) is 37.0 Å². The van der Waals surface area contributed by atoms with E-state index in [9.17, 15) is 9.18 Å². The number of carbonyl (C=O) groups excluding carboxylic acids is 1. The maximum absolute atomic E-state index is 13.6. The molecule has 0 radical (unpaired) electrons. The second-order valence-electron chi connectivity index (χ2n) is 6.50. The largest absolute Gasteiger partial charge is 0.454 e. The van der Waals surface area contributed by atoms with Gasteiger partial charge >= 0.3 is 5.91 Å². The van der Waals surface area contributed by atoms with Crippen LogP contribution in [0.3, 0.4) is 0 Å². The third-order valence-corrected chi connectivity index (χ3v) is 4.59. The van der Waals surface area contributed by atoms with Crippen LogP contribution < -0.4 is 5.48 Å². The predicted molar refractivity (Wildman–Crippen MR) is 109 cm³/mol. The molecule has 0 fully saturated rings. The molecule has 0 atom stereocenters. The summed E-state index contributed by atoms with van der Waals surface area (Å²) in [5, 5.41) is 0.660. The Morgan fingerprint density at radius 2 is 1.93 bits per heavy atom. The van der Waals surface area contributed by atoms with Crippen LogP contribution in [0.2, 0.25) is 5.02 Å². The maximum atomic E-state index is 13.6.